The van der Waals surface area contributed by atoms with Gasteiger partial charge in [0, 0.05) is 35.8 Å². The van der Waals surface area contributed by atoms with Crippen LogP contribution in [0.15, 0.2) is 18.3 Å². The standard InChI is InChI=1S/C21H30N2O4/c1-5-26-18-10-9-14(13-22-18)19(24)15-11-16-7-6-8-17(12-15)23(16)20(25)27-21(2,3)4/h9-10,13,15-17H,5-8,11-12H2,1-4H3. The lowest BCUT2D eigenvalue weighted by molar-refractivity contribution is -0.0260. The van der Waals surface area contributed by atoms with E-state index in [1.165, 1.54) is 0 Å². The number of hydrogen-bond acceptors (Lipinski definition) is 5. The number of hydrogen-bond donors (Lipinski definition) is 0. The zero-order chi connectivity index (χ0) is 19.6. The molecule has 6 heteroatoms. The first-order chi connectivity index (χ1) is 12.8. The van der Waals surface area contributed by atoms with E-state index >= 15 is 0 Å². The molecule has 0 saturated carbocycles. The lowest BCUT2D eigenvalue weighted by atomic mass is 9.76. The zero-order valence-electron chi connectivity index (χ0n) is 16.7. The fraction of sp³-hybridized carbons (Fsp3) is 0.667. The van der Waals surface area contributed by atoms with Gasteiger partial charge in [-0.15, -0.1) is 0 Å². The first-order valence-electron chi connectivity index (χ1n) is 9.93. The Morgan fingerprint density at radius 1 is 1.19 bits per heavy atom. The van der Waals surface area contributed by atoms with Gasteiger partial charge in [0.15, 0.2) is 5.78 Å². The monoisotopic (exact) mass is 374 g/mol. The van der Waals surface area contributed by atoms with Crippen molar-refractivity contribution < 1.29 is 19.1 Å². The average molecular weight is 374 g/mol. The van der Waals surface area contributed by atoms with E-state index in [2.05, 4.69) is 4.98 Å². The highest BCUT2D eigenvalue weighted by Crippen LogP contribution is 2.39. The SMILES string of the molecule is CCOc1ccc(C(=O)C2CC3CCCC(C2)N3C(=O)OC(C)(C)C)cn1. The lowest BCUT2D eigenvalue weighted by Crippen LogP contribution is -2.56. The maximum atomic E-state index is 13.0. The number of ether oxygens (including phenoxy) is 2. The molecule has 2 aliphatic heterocycles. The molecule has 0 radical (unpaired) electrons. The Kier molecular flexibility index (Phi) is 5.72. The van der Waals surface area contributed by atoms with Crippen LogP contribution in [0.1, 0.15) is 70.2 Å². The lowest BCUT2D eigenvalue weighted by Gasteiger charge is -2.48. The van der Waals surface area contributed by atoms with Crippen molar-refractivity contribution in [2.24, 2.45) is 5.92 Å². The van der Waals surface area contributed by atoms with Crippen molar-refractivity contribution in [3.8, 4) is 5.88 Å². The highest BCUT2D eigenvalue weighted by molar-refractivity contribution is 5.97. The molecule has 2 atom stereocenters. The van der Waals surface area contributed by atoms with Gasteiger partial charge < -0.3 is 14.4 Å². The smallest absolute Gasteiger partial charge is 0.410 e. The Balaban J connectivity index is 1.70. The largest absolute Gasteiger partial charge is 0.478 e. The Labute approximate surface area is 161 Å². The number of fused-ring (bicyclic) bond motifs is 2. The summed E-state index contributed by atoms with van der Waals surface area (Å²) >= 11 is 0. The topological polar surface area (TPSA) is 68.7 Å². The minimum Gasteiger partial charge on any atom is -0.478 e. The second kappa shape index (κ2) is 7.87. The third-order valence-corrected chi connectivity index (χ3v) is 5.26. The summed E-state index contributed by atoms with van der Waals surface area (Å²) in [5, 5.41) is 0. The maximum absolute atomic E-state index is 13.0. The number of nitrogens with zero attached hydrogens (tertiary/aromatic N) is 2. The molecule has 1 aromatic rings. The number of piperidine rings is 2. The molecule has 2 fully saturated rings. The fourth-order valence-corrected chi connectivity index (χ4v) is 4.20. The molecule has 3 heterocycles. The van der Waals surface area contributed by atoms with Crippen LogP contribution in [0.2, 0.25) is 0 Å². The number of aromatic nitrogens is 1. The molecule has 6 nitrogen and oxygen atoms in total. The van der Waals surface area contributed by atoms with E-state index in [9.17, 15) is 9.59 Å². The summed E-state index contributed by atoms with van der Waals surface area (Å²) < 4.78 is 11.0. The first kappa shape index (κ1) is 19.6. The van der Waals surface area contributed by atoms with Gasteiger partial charge in [0.25, 0.3) is 0 Å². The summed E-state index contributed by atoms with van der Waals surface area (Å²) in [7, 11) is 0. The predicted octanol–water partition coefficient (Wildman–Crippen LogP) is 4.23. The van der Waals surface area contributed by atoms with E-state index in [1.807, 2.05) is 32.6 Å². The predicted molar refractivity (Wildman–Crippen MR) is 102 cm³/mol. The van der Waals surface area contributed by atoms with Gasteiger partial charge in [0.2, 0.25) is 5.88 Å². The number of carbonyl (C=O) groups is 2. The summed E-state index contributed by atoms with van der Waals surface area (Å²) in [5.41, 5.74) is 0.110. The van der Waals surface area contributed by atoms with Gasteiger partial charge in [-0.1, -0.05) is 0 Å². The van der Waals surface area contributed by atoms with E-state index in [0.717, 1.165) is 19.3 Å². The third kappa shape index (κ3) is 4.60. The van der Waals surface area contributed by atoms with Gasteiger partial charge in [-0.3, -0.25) is 4.79 Å². The molecular weight excluding hydrogens is 344 g/mol. The average Bonchev–Trinajstić information content (AvgIpc) is 2.59. The summed E-state index contributed by atoms with van der Waals surface area (Å²) in [6.07, 6.45) is 5.71. The van der Waals surface area contributed by atoms with Crippen molar-refractivity contribution in [1.82, 2.24) is 9.88 Å². The van der Waals surface area contributed by atoms with Gasteiger partial charge in [-0.05, 0) is 65.9 Å². The van der Waals surface area contributed by atoms with Crippen molar-refractivity contribution in [2.75, 3.05) is 6.61 Å². The van der Waals surface area contributed by atoms with Crippen LogP contribution in [0, 0.1) is 5.92 Å². The Bertz CT molecular complexity index is 666. The normalized spacial score (nSPS) is 25.0. The Morgan fingerprint density at radius 2 is 1.85 bits per heavy atom. The highest BCUT2D eigenvalue weighted by Gasteiger charge is 2.44. The molecule has 0 spiro atoms. The van der Waals surface area contributed by atoms with Gasteiger partial charge in [-0.2, -0.15) is 0 Å². The van der Waals surface area contributed by atoms with Crippen LogP contribution in [0.3, 0.4) is 0 Å². The number of carbonyl (C=O) groups excluding carboxylic acids is 2. The summed E-state index contributed by atoms with van der Waals surface area (Å²) in [5.74, 6) is 0.579. The minimum atomic E-state index is -0.508. The maximum Gasteiger partial charge on any atom is 0.410 e. The Hall–Kier alpha value is -2.11. The Morgan fingerprint density at radius 3 is 2.37 bits per heavy atom. The molecule has 2 saturated heterocycles. The minimum absolute atomic E-state index is 0.0706. The molecule has 27 heavy (non-hydrogen) atoms. The third-order valence-electron chi connectivity index (χ3n) is 5.26. The summed E-state index contributed by atoms with van der Waals surface area (Å²) in [4.78, 5) is 31.8. The second-order valence-corrected chi connectivity index (χ2v) is 8.48. The van der Waals surface area contributed by atoms with Crippen LogP contribution in [0.5, 0.6) is 5.88 Å². The van der Waals surface area contributed by atoms with Crippen molar-refractivity contribution in [1.29, 1.82) is 0 Å². The van der Waals surface area contributed by atoms with Crippen LogP contribution in [0.4, 0.5) is 4.79 Å². The number of amides is 1. The summed E-state index contributed by atoms with van der Waals surface area (Å²) in [6, 6.07) is 3.69. The van der Waals surface area contributed by atoms with Crippen molar-refractivity contribution >= 4 is 11.9 Å². The molecule has 2 bridgehead atoms. The molecule has 0 aromatic carbocycles. The molecule has 0 N–H and O–H groups in total. The number of Topliss-reactive ketones (excluding diaryl/α,β-unsaturated/α-hetero) is 1. The fourth-order valence-electron chi connectivity index (χ4n) is 4.20. The van der Waals surface area contributed by atoms with Crippen molar-refractivity contribution in [3.05, 3.63) is 23.9 Å². The highest BCUT2D eigenvalue weighted by atomic mass is 16.6. The second-order valence-electron chi connectivity index (χ2n) is 8.48. The van der Waals surface area contributed by atoms with E-state index in [4.69, 9.17) is 9.47 Å². The first-order valence-corrected chi connectivity index (χ1v) is 9.93. The van der Waals surface area contributed by atoms with Crippen LogP contribution >= 0.6 is 0 Å². The van der Waals surface area contributed by atoms with E-state index in [1.54, 1.807) is 18.3 Å². The molecule has 0 aliphatic carbocycles. The number of rotatable bonds is 4. The van der Waals surface area contributed by atoms with E-state index in [0.29, 0.717) is 30.9 Å². The quantitative estimate of drug-likeness (QED) is 0.738. The van der Waals surface area contributed by atoms with Crippen LogP contribution in [-0.4, -0.2) is 46.1 Å². The van der Waals surface area contributed by atoms with Gasteiger partial charge in [-0.25, -0.2) is 9.78 Å². The van der Waals surface area contributed by atoms with Gasteiger partial charge in [0.1, 0.15) is 5.60 Å². The van der Waals surface area contributed by atoms with E-state index in [-0.39, 0.29) is 29.9 Å². The zero-order valence-corrected chi connectivity index (χ0v) is 16.7. The molecule has 1 amide bonds. The molecule has 2 unspecified atom stereocenters. The van der Waals surface area contributed by atoms with Crippen LogP contribution < -0.4 is 4.74 Å². The molecule has 2 aliphatic rings. The number of pyridine rings is 1. The van der Waals surface area contributed by atoms with Crippen LogP contribution in [-0.2, 0) is 4.74 Å². The van der Waals surface area contributed by atoms with Gasteiger partial charge >= 0.3 is 6.09 Å². The molecule has 148 valence electrons. The van der Waals surface area contributed by atoms with Crippen LogP contribution in [0.25, 0.3) is 0 Å². The van der Waals surface area contributed by atoms with Crippen molar-refractivity contribution in [3.63, 3.8) is 0 Å². The molecular formula is C21H30N2O4. The van der Waals surface area contributed by atoms with Gasteiger partial charge in [0.05, 0.1) is 6.61 Å². The van der Waals surface area contributed by atoms with Crippen molar-refractivity contribution in [2.45, 2.75) is 77.5 Å². The summed E-state index contributed by atoms with van der Waals surface area (Å²) in [6.45, 7) is 8.10. The number of ketones is 1. The molecule has 1 aromatic heterocycles. The molecule has 3 rings (SSSR count). The van der Waals surface area contributed by atoms with E-state index < -0.39 is 5.60 Å².